The van der Waals surface area contributed by atoms with Crippen molar-refractivity contribution in [1.29, 1.82) is 0 Å². The Bertz CT molecular complexity index is 544. The van der Waals surface area contributed by atoms with Gasteiger partial charge in [-0.3, -0.25) is 9.59 Å². The number of nitrogens with zero attached hydrogens (tertiary/aromatic N) is 2. The summed E-state index contributed by atoms with van der Waals surface area (Å²) in [6.45, 7) is 1.23. The van der Waals surface area contributed by atoms with Gasteiger partial charge in [-0.15, -0.1) is 36.2 Å². The van der Waals surface area contributed by atoms with Gasteiger partial charge in [-0.1, -0.05) is 6.42 Å². The third-order valence-corrected chi connectivity index (χ3v) is 5.47. The van der Waals surface area contributed by atoms with Crippen LogP contribution in [0.3, 0.4) is 0 Å². The number of thiazole rings is 1. The number of anilines is 1. The summed E-state index contributed by atoms with van der Waals surface area (Å²) in [6, 6.07) is -0.365. The minimum absolute atomic E-state index is 0. The summed E-state index contributed by atoms with van der Waals surface area (Å²) in [6.07, 6.45) is 6.24. The molecule has 1 aliphatic heterocycles. The van der Waals surface area contributed by atoms with Crippen LogP contribution in [-0.4, -0.2) is 40.8 Å². The van der Waals surface area contributed by atoms with E-state index in [-0.39, 0.29) is 54.5 Å². The minimum atomic E-state index is -0.365. The molecule has 2 amide bonds. The van der Waals surface area contributed by atoms with Gasteiger partial charge in [-0.25, -0.2) is 4.98 Å². The van der Waals surface area contributed by atoms with Crippen LogP contribution in [0.15, 0.2) is 11.6 Å². The predicted octanol–water partition coefficient (Wildman–Crippen LogP) is 2.29. The standard InChI is InChI=1S/C15H22N4O2S.2ClH/c16-9-10-3-1-4-11(10)14(21)19-7-2-5-12(19)13(20)18-15-17-6-8-22-15;;/h6,8,10-12H,1-5,7,9,16H2,(H,17,18,20);2*1H/t10-,11-,12?;;/m1../s1. The normalized spacial score (nSPS) is 25.7. The Morgan fingerprint density at radius 3 is 2.75 bits per heavy atom. The first-order valence-electron chi connectivity index (χ1n) is 7.91. The highest BCUT2D eigenvalue weighted by Crippen LogP contribution is 2.34. The number of amides is 2. The molecular weight excluding hydrogens is 371 g/mol. The highest BCUT2D eigenvalue weighted by Gasteiger charge is 2.41. The maximum Gasteiger partial charge on any atom is 0.248 e. The second kappa shape index (κ2) is 9.56. The average molecular weight is 395 g/mol. The summed E-state index contributed by atoms with van der Waals surface area (Å²) >= 11 is 1.39. The van der Waals surface area contributed by atoms with Crippen molar-refractivity contribution >= 4 is 53.1 Å². The number of carbonyl (C=O) groups excluding carboxylic acids is 2. The predicted molar refractivity (Wildman–Crippen MR) is 99.9 cm³/mol. The molecule has 1 aromatic rings. The molecule has 6 nitrogen and oxygen atoms in total. The zero-order valence-electron chi connectivity index (χ0n) is 13.3. The third kappa shape index (κ3) is 4.39. The SMILES string of the molecule is Cl.Cl.NC[C@H]1CCC[C@H]1C(=O)N1CCCC1C(=O)Nc1nccs1. The number of hydrogen-bond donors (Lipinski definition) is 2. The van der Waals surface area contributed by atoms with Crippen molar-refractivity contribution in [3.8, 4) is 0 Å². The van der Waals surface area contributed by atoms with Gasteiger partial charge in [0.05, 0.1) is 0 Å². The van der Waals surface area contributed by atoms with Gasteiger partial charge in [0.15, 0.2) is 5.13 Å². The van der Waals surface area contributed by atoms with Crippen LogP contribution < -0.4 is 11.1 Å². The van der Waals surface area contributed by atoms with Gasteiger partial charge >= 0.3 is 0 Å². The Morgan fingerprint density at radius 2 is 2.08 bits per heavy atom. The summed E-state index contributed by atoms with van der Waals surface area (Å²) in [5, 5.41) is 5.22. The first-order valence-corrected chi connectivity index (χ1v) is 8.79. The van der Waals surface area contributed by atoms with Crippen molar-refractivity contribution in [2.24, 2.45) is 17.6 Å². The van der Waals surface area contributed by atoms with Crippen LogP contribution in [0, 0.1) is 11.8 Å². The van der Waals surface area contributed by atoms with E-state index in [1.165, 1.54) is 11.3 Å². The Hall–Kier alpha value is -0.890. The van der Waals surface area contributed by atoms with Crippen LogP contribution in [0.4, 0.5) is 5.13 Å². The van der Waals surface area contributed by atoms with Gasteiger partial charge in [0.2, 0.25) is 11.8 Å². The lowest BCUT2D eigenvalue weighted by molar-refractivity contribution is -0.141. The Morgan fingerprint density at radius 1 is 1.29 bits per heavy atom. The molecule has 3 atom stereocenters. The van der Waals surface area contributed by atoms with Crippen LogP contribution in [-0.2, 0) is 9.59 Å². The van der Waals surface area contributed by atoms with E-state index < -0.39 is 0 Å². The smallest absolute Gasteiger partial charge is 0.248 e. The molecule has 3 rings (SSSR count). The van der Waals surface area contributed by atoms with E-state index in [0.29, 0.717) is 18.2 Å². The van der Waals surface area contributed by atoms with E-state index in [2.05, 4.69) is 10.3 Å². The van der Waals surface area contributed by atoms with E-state index >= 15 is 0 Å². The topological polar surface area (TPSA) is 88.3 Å². The summed E-state index contributed by atoms with van der Waals surface area (Å²) in [4.78, 5) is 31.1. The van der Waals surface area contributed by atoms with Crippen LogP contribution in [0.2, 0.25) is 0 Å². The lowest BCUT2D eigenvalue weighted by Crippen LogP contribution is -2.46. The lowest BCUT2D eigenvalue weighted by Gasteiger charge is -2.28. The zero-order valence-corrected chi connectivity index (χ0v) is 15.8. The molecular formula is C15H24Cl2N4O2S. The molecule has 9 heteroatoms. The average Bonchev–Trinajstić information content (AvgIpc) is 3.26. The molecule has 0 bridgehead atoms. The summed E-state index contributed by atoms with van der Waals surface area (Å²) in [5.74, 6) is 0.266. The molecule has 24 heavy (non-hydrogen) atoms. The van der Waals surface area contributed by atoms with Crippen LogP contribution in [0.25, 0.3) is 0 Å². The number of hydrogen-bond acceptors (Lipinski definition) is 5. The highest BCUT2D eigenvalue weighted by molar-refractivity contribution is 7.13. The summed E-state index contributed by atoms with van der Waals surface area (Å²) in [5.41, 5.74) is 5.79. The number of likely N-dealkylation sites (tertiary alicyclic amines) is 1. The van der Waals surface area contributed by atoms with E-state index in [1.54, 1.807) is 11.1 Å². The second-order valence-electron chi connectivity index (χ2n) is 6.05. The molecule has 2 aliphatic rings. The fourth-order valence-electron chi connectivity index (χ4n) is 3.63. The first-order chi connectivity index (χ1) is 10.7. The maximum absolute atomic E-state index is 12.8. The molecule has 0 spiro atoms. The van der Waals surface area contributed by atoms with Crippen molar-refractivity contribution in [1.82, 2.24) is 9.88 Å². The fourth-order valence-corrected chi connectivity index (χ4v) is 4.17. The van der Waals surface area contributed by atoms with E-state index in [0.717, 1.165) is 32.1 Å². The van der Waals surface area contributed by atoms with Gasteiger partial charge in [-0.2, -0.15) is 0 Å². The van der Waals surface area contributed by atoms with E-state index in [4.69, 9.17) is 5.73 Å². The van der Waals surface area contributed by atoms with Crippen LogP contribution in [0.5, 0.6) is 0 Å². The van der Waals surface area contributed by atoms with Crippen molar-refractivity contribution in [2.45, 2.75) is 38.1 Å². The Balaban J connectivity index is 0.00000144. The van der Waals surface area contributed by atoms with Crippen molar-refractivity contribution in [3.05, 3.63) is 11.6 Å². The van der Waals surface area contributed by atoms with E-state index in [1.807, 2.05) is 5.38 Å². The van der Waals surface area contributed by atoms with Gasteiger partial charge in [-0.05, 0) is 38.1 Å². The molecule has 1 saturated heterocycles. The molecule has 1 unspecified atom stereocenters. The number of carbonyl (C=O) groups is 2. The van der Waals surface area contributed by atoms with Crippen molar-refractivity contribution in [2.75, 3.05) is 18.4 Å². The minimum Gasteiger partial charge on any atom is -0.330 e. The monoisotopic (exact) mass is 394 g/mol. The third-order valence-electron chi connectivity index (χ3n) is 4.78. The number of aromatic nitrogens is 1. The molecule has 2 heterocycles. The largest absolute Gasteiger partial charge is 0.330 e. The molecule has 0 radical (unpaired) electrons. The van der Waals surface area contributed by atoms with Gasteiger partial charge in [0, 0.05) is 24.0 Å². The van der Waals surface area contributed by atoms with Gasteiger partial charge in [0.25, 0.3) is 0 Å². The number of rotatable bonds is 4. The van der Waals surface area contributed by atoms with E-state index in [9.17, 15) is 9.59 Å². The number of nitrogens with two attached hydrogens (primary N) is 1. The highest BCUT2D eigenvalue weighted by atomic mass is 35.5. The van der Waals surface area contributed by atoms with Gasteiger partial charge < -0.3 is 16.0 Å². The first kappa shape index (κ1) is 21.2. The molecule has 0 aromatic carbocycles. The Kier molecular flexibility index (Phi) is 8.42. The van der Waals surface area contributed by atoms with Crippen molar-refractivity contribution in [3.63, 3.8) is 0 Å². The molecule has 2 fully saturated rings. The molecule has 1 aliphatic carbocycles. The number of nitrogens with one attached hydrogen (secondary N) is 1. The molecule has 3 N–H and O–H groups in total. The van der Waals surface area contributed by atoms with Gasteiger partial charge in [0.1, 0.15) is 6.04 Å². The second-order valence-corrected chi connectivity index (χ2v) is 6.94. The Labute approximate surface area is 158 Å². The zero-order chi connectivity index (χ0) is 15.5. The molecule has 1 aromatic heterocycles. The maximum atomic E-state index is 12.8. The lowest BCUT2D eigenvalue weighted by atomic mass is 9.94. The molecule has 1 saturated carbocycles. The quantitative estimate of drug-likeness (QED) is 0.819. The van der Waals surface area contributed by atoms with Crippen LogP contribution >= 0.6 is 36.2 Å². The number of halogens is 2. The summed E-state index contributed by atoms with van der Waals surface area (Å²) in [7, 11) is 0. The van der Waals surface area contributed by atoms with Crippen molar-refractivity contribution < 1.29 is 9.59 Å². The fraction of sp³-hybridized carbons (Fsp3) is 0.667. The molecule has 136 valence electrons. The van der Waals surface area contributed by atoms with Crippen LogP contribution in [0.1, 0.15) is 32.1 Å². The summed E-state index contributed by atoms with van der Waals surface area (Å²) < 4.78 is 0.